The Morgan fingerprint density at radius 2 is 1.87 bits per heavy atom. The first-order valence-electron chi connectivity index (χ1n) is 12.8. The van der Waals surface area contributed by atoms with E-state index in [4.69, 9.17) is 5.73 Å². The van der Waals surface area contributed by atoms with E-state index in [9.17, 15) is 29.4 Å². The van der Waals surface area contributed by atoms with Gasteiger partial charge in [0.05, 0.1) is 12.4 Å². The number of nitrogens with zero attached hydrogens (tertiary/aromatic N) is 2. The molecule has 38 heavy (non-hydrogen) atoms. The fraction of sp³-hybridized carbons (Fsp3) is 0.500. The number of hydrogen-bond acceptors (Lipinski definition) is 7. The van der Waals surface area contributed by atoms with Crippen molar-refractivity contribution in [3.05, 3.63) is 48.0 Å². The molecule has 1 aromatic heterocycles. The maximum Gasteiger partial charge on any atom is 0.326 e. The number of carboxylic acid groups (broad SMARTS) is 1. The molecule has 12 heteroatoms. The van der Waals surface area contributed by atoms with Gasteiger partial charge in [-0.15, -0.1) is 0 Å². The molecule has 0 spiro atoms. The molecule has 1 saturated heterocycles. The minimum absolute atomic E-state index is 0.0783. The lowest BCUT2D eigenvalue weighted by molar-refractivity contribution is -0.149. The highest BCUT2D eigenvalue weighted by Gasteiger charge is 2.39. The molecule has 1 aromatic carbocycles. The largest absolute Gasteiger partial charge is 0.508 e. The number of nitrogens with one attached hydrogen (secondary N) is 3. The third-order valence-corrected chi connectivity index (χ3v) is 6.94. The summed E-state index contributed by atoms with van der Waals surface area (Å²) in [6, 6.07) is 2.41. The molecule has 206 valence electrons. The van der Waals surface area contributed by atoms with Crippen LogP contribution in [0.5, 0.6) is 5.75 Å². The quantitative estimate of drug-likeness (QED) is 0.227. The van der Waals surface area contributed by atoms with Gasteiger partial charge in [-0.2, -0.15) is 0 Å². The van der Waals surface area contributed by atoms with Gasteiger partial charge in [-0.05, 0) is 42.9 Å². The fourth-order valence-electron chi connectivity index (χ4n) is 4.51. The van der Waals surface area contributed by atoms with Crippen LogP contribution in [0, 0.1) is 5.92 Å². The molecule has 3 amide bonds. The van der Waals surface area contributed by atoms with E-state index in [0.29, 0.717) is 25.0 Å². The SMILES string of the molecule is CC[C@@H](C)[C@H](NC(=O)[C@@H](N)Cc1ccc(O)cc1)C(=O)NC(Cc1cnc[nH]1)C(=O)N1CCC[C@@H]1C(=O)O. The van der Waals surface area contributed by atoms with E-state index in [1.165, 1.54) is 29.6 Å². The van der Waals surface area contributed by atoms with Crippen LogP contribution < -0.4 is 16.4 Å². The molecule has 0 aliphatic carbocycles. The molecule has 3 rings (SSSR count). The van der Waals surface area contributed by atoms with E-state index >= 15 is 0 Å². The summed E-state index contributed by atoms with van der Waals surface area (Å²) in [7, 11) is 0. The van der Waals surface area contributed by atoms with Gasteiger partial charge in [0.1, 0.15) is 23.9 Å². The number of rotatable bonds is 12. The Morgan fingerprint density at radius 1 is 1.16 bits per heavy atom. The summed E-state index contributed by atoms with van der Waals surface area (Å²) in [5, 5.41) is 24.5. The molecule has 0 radical (unpaired) electrons. The number of carbonyl (C=O) groups excluding carboxylic acids is 3. The van der Waals surface area contributed by atoms with E-state index in [1.807, 2.05) is 13.8 Å². The first-order chi connectivity index (χ1) is 18.1. The number of amides is 3. The zero-order valence-corrected chi connectivity index (χ0v) is 21.6. The number of nitrogens with two attached hydrogens (primary N) is 1. The van der Waals surface area contributed by atoms with Crippen LogP contribution in [0.25, 0.3) is 0 Å². The minimum Gasteiger partial charge on any atom is -0.508 e. The van der Waals surface area contributed by atoms with Crippen molar-refractivity contribution in [1.82, 2.24) is 25.5 Å². The molecule has 2 aromatic rings. The number of aromatic amines is 1. The smallest absolute Gasteiger partial charge is 0.326 e. The summed E-state index contributed by atoms with van der Waals surface area (Å²) in [5.41, 5.74) is 7.45. The fourth-order valence-corrected chi connectivity index (χ4v) is 4.51. The number of aromatic hydroxyl groups is 1. The summed E-state index contributed by atoms with van der Waals surface area (Å²) in [6.45, 7) is 3.97. The van der Waals surface area contributed by atoms with E-state index in [-0.39, 0.29) is 31.1 Å². The summed E-state index contributed by atoms with van der Waals surface area (Å²) < 4.78 is 0. The van der Waals surface area contributed by atoms with Crippen molar-refractivity contribution in [2.45, 2.75) is 70.1 Å². The van der Waals surface area contributed by atoms with Gasteiger partial charge >= 0.3 is 5.97 Å². The van der Waals surface area contributed by atoms with E-state index < -0.39 is 47.9 Å². The molecular weight excluding hydrogens is 492 g/mol. The third kappa shape index (κ3) is 7.31. The molecule has 0 bridgehead atoms. The first kappa shape index (κ1) is 28.6. The Labute approximate surface area is 221 Å². The monoisotopic (exact) mass is 528 g/mol. The molecule has 1 aliphatic heterocycles. The second-order valence-corrected chi connectivity index (χ2v) is 9.72. The van der Waals surface area contributed by atoms with Gasteiger partial charge in [0.15, 0.2) is 0 Å². The zero-order valence-electron chi connectivity index (χ0n) is 21.6. The van der Waals surface area contributed by atoms with Crippen LogP contribution in [0.2, 0.25) is 0 Å². The maximum atomic E-state index is 13.5. The summed E-state index contributed by atoms with van der Waals surface area (Å²) in [4.78, 5) is 59.7. The van der Waals surface area contributed by atoms with Gasteiger partial charge in [0, 0.05) is 24.9 Å². The number of benzene rings is 1. The Kier molecular flexibility index (Phi) is 9.83. The van der Waals surface area contributed by atoms with E-state index in [0.717, 1.165) is 5.56 Å². The lowest BCUT2D eigenvalue weighted by atomic mass is 9.96. The number of hydrogen-bond donors (Lipinski definition) is 6. The van der Waals surface area contributed by atoms with Gasteiger partial charge in [-0.3, -0.25) is 14.4 Å². The van der Waals surface area contributed by atoms with Crippen LogP contribution >= 0.6 is 0 Å². The average molecular weight is 529 g/mol. The number of imidazole rings is 1. The number of aliphatic carboxylic acids is 1. The molecule has 7 N–H and O–H groups in total. The predicted molar refractivity (Wildman–Crippen MR) is 138 cm³/mol. The number of likely N-dealkylation sites (tertiary alicyclic amines) is 1. The molecular formula is C26H36N6O6. The number of phenols is 1. The highest BCUT2D eigenvalue weighted by Crippen LogP contribution is 2.20. The number of carboxylic acids is 1. The van der Waals surface area contributed by atoms with Crippen molar-refractivity contribution < 1.29 is 29.4 Å². The third-order valence-electron chi connectivity index (χ3n) is 6.94. The van der Waals surface area contributed by atoms with Crippen LogP contribution in [0.1, 0.15) is 44.4 Å². The maximum absolute atomic E-state index is 13.5. The molecule has 2 heterocycles. The van der Waals surface area contributed by atoms with Crippen molar-refractivity contribution >= 4 is 23.7 Å². The predicted octanol–water partition coefficient (Wildman–Crippen LogP) is 0.319. The van der Waals surface area contributed by atoms with Crippen molar-refractivity contribution in [2.75, 3.05) is 6.54 Å². The van der Waals surface area contributed by atoms with Crippen LogP contribution in [-0.4, -0.2) is 79.5 Å². The first-order valence-corrected chi connectivity index (χ1v) is 12.8. The van der Waals surface area contributed by atoms with E-state index in [1.54, 1.807) is 12.1 Å². The summed E-state index contributed by atoms with van der Waals surface area (Å²) >= 11 is 0. The average Bonchev–Trinajstić information content (AvgIpc) is 3.59. The Morgan fingerprint density at radius 3 is 2.47 bits per heavy atom. The Bertz CT molecular complexity index is 1110. The van der Waals surface area contributed by atoms with Crippen molar-refractivity contribution in [3.63, 3.8) is 0 Å². The number of phenolic OH excluding ortho intramolecular Hbond substituents is 1. The number of aromatic nitrogens is 2. The Balaban J connectivity index is 1.75. The number of H-pyrrole nitrogens is 1. The standard InChI is InChI=1S/C26H36N6O6/c1-3-15(2)22(31-23(34)19(27)11-16-6-8-18(33)9-7-16)24(35)30-20(12-17-13-28-14-29-17)25(36)32-10-4-5-21(32)26(37)38/h6-9,13-15,19-22,33H,3-5,10-12,27H2,1-2H3,(H,28,29)(H,30,35)(H,31,34)(H,37,38)/t15-,19+,20?,21-,22+/m1/s1. The van der Waals surface area contributed by atoms with Crippen molar-refractivity contribution in [1.29, 1.82) is 0 Å². The van der Waals surface area contributed by atoms with Gasteiger partial charge in [0.25, 0.3) is 0 Å². The van der Waals surface area contributed by atoms with Crippen molar-refractivity contribution in [2.24, 2.45) is 11.7 Å². The van der Waals surface area contributed by atoms with Gasteiger partial charge < -0.3 is 36.5 Å². The van der Waals surface area contributed by atoms with Crippen LogP contribution in [0.4, 0.5) is 0 Å². The molecule has 1 fully saturated rings. The summed E-state index contributed by atoms with van der Waals surface area (Å²) in [6.07, 6.45) is 4.72. The lowest BCUT2D eigenvalue weighted by Gasteiger charge is -2.30. The molecule has 1 unspecified atom stereocenters. The van der Waals surface area contributed by atoms with Gasteiger partial charge in [-0.25, -0.2) is 9.78 Å². The van der Waals surface area contributed by atoms with Crippen LogP contribution in [0.15, 0.2) is 36.8 Å². The minimum atomic E-state index is -1.09. The van der Waals surface area contributed by atoms with Crippen molar-refractivity contribution in [3.8, 4) is 5.75 Å². The molecule has 5 atom stereocenters. The topological polar surface area (TPSA) is 191 Å². The molecule has 12 nitrogen and oxygen atoms in total. The van der Waals surface area contributed by atoms with E-state index in [2.05, 4.69) is 20.6 Å². The Hall–Kier alpha value is -3.93. The molecule has 0 saturated carbocycles. The van der Waals surface area contributed by atoms with Crippen LogP contribution in [-0.2, 0) is 32.0 Å². The highest BCUT2D eigenvalue weighted by molar-refractivity contribution is 5.94. The van der Waals surface area contributed by atoms with Gasteiger partial charge in [-0.1, -0.05) is 32.4 Å². The summed E-state index contributed by atoms with van der Waals surface area (Å²) in [5.74, 6) is -2.86. The second kappa shape index (κ2) is 13.0. The molecule has 1 aliphatic rings. The number of carbonyl (C=O) groups is 4. The lowest BCUT2D eigenvalue weighted by Crippen LogP contribution is -2.59. The highest BCUT2D eigenvalue weighted by atomic mass is 16.4. The van der Waals surface area contributed by atoms with Crippen LogP contribution in [0.3, 0.4) is 0 Å². The second-order valence-electron chi connectivity index (χ2n) is 9.72. The zero-order chi connectivity index (χ0) is 27.8. The normalized spacial score (nSPS) is 18.3. The van der Waals surface area contributed by atoms with Gasteiger partial charge in [0.2, 0.25) is 17.7 Å².